The van der Waals surface area contributed by atoms with Gasteiger partial charge in [-0.2, -0.15) is 0 Å². The zero-order valence-corrected chi connectivity index (χ0v) is 12.7. The van der Waals surface area contributed by atoms with Gasteiger partial charge in [-0.05, 0) is 92.9 Å². The second-order valence-corrected chi connectivity index (χ2v) is 7.51. The van der Waals surface area contributed by atoms with Crippen LogP contribution in [0.15, 0.2) is 18.5 Å². The van der Waals surface area contributed by atoms with Crippen LogP contribution in [0.2, 0.25) is 0 Å². The molecule has 4 aliphatic rings. The average Bonchev–Trinajstić information content (AvgIpc) is 2.43. The summed E-state index contributed by atoms with van der Waals surface area (Å²) >= 11 is 0. The normalized spacial score (nSPS) is 40.0. The summed E-state index contributed by atoms with van der Waals surface area (Å²) in [7, 11) is 2.14. The molecule has 1 heterocycles. The lowest BCUT2D eigenvalue weighted by Gasteiger charge is -2.56. The summed E-state index contributed by atoms with van der Waals surface area (Å²) in [6, 6.07) is 2.68. The van der Waals surface area contributed by atoms with Gasteiger partial charge in [0.2, 0.25) is 0 Å². The van der Waals surface area contributed by atoms with Gasteiger partial charge >= 0.3 is 0 Å². The summed E-state index contributed by atoms with van der Waals surface area (Å²) < 4.78 is 0. The highest BCUT2D eigenvalue weighted by molar-refractivity contribution is 5.26. The van der Waals surface area contributed by atoms with Gasteiger partial charge in [0, 0.05) is 18.4 Å². The quantitative estimate of drug-likeness (QED) is 0.905. The summed E-state index contributed by atoms with van der Waals surface area (Å²) in [6.07, 6.45) is 11.5. The highest BCUT2D eigenvalue weighted by Gasteiger charge is 2.50. The van der Waals surface area contributed by atoms with Crippen molar-refractivity contribution in [1.29, 1.82) is 0 Å². The van der Waals surface area contributed by atoms with E-state index in [0.29, 0.717) is 6.04 Å². The van der Waals surface area contributed by atoms with E-state index in [9.17, 15) is 0 Å². The maximum absolute atomic E-state index is 4.39. The van der Waals surface area contributed by atoms with Crippen molar-refractivity contribution in [1.82, 2.24) is 10.3 Å². The smallest absolute Gasteiger partial charge is 0.0369 e. The minimum Gasteiger partial charge on any atom is -0.313 e. The Morgan fingerprint density at radius 3 is 2.30 bits per heavy atom. The molecule has 0 saturated heterocycles. The molecule has 2 heteroatoms. The van der Waals surface area contributed by atoms with Crippen LogP contribution in [-0.4, -0.2) is 12.0 Å². The van der Waals surface area contributed by atoms with Gasteiger partial charge in [-0.25, -0.2) is 0 Å². The monoisotopic (exact) mass is 270 g/mol. The van der Waals surface area contributed by atoms with E-state index in [4.69, 9.17) is 0 Å². The third-order valence-corrected chi connectivity index (χ3v) is 6.41. The predicted molar refractivity (Wildman–Crippen MR) is 81.3 cm³/mol. The number of rotatable bonds is 3. The fraction of sp³-hybridized carbons (Fsp3) is 0.722. The van der Waals surface area contributed by atoms with E-state index in [1.165, 1.54) is 43.2 Å². The third kappa shape index (κ3) is 1.92. The van der Waals surface area contributed by atoms with Gasteiger partial charge < -0.3 is 5.32 Å². The van der Waals surface area contributed by atoms with Crippen LogP contribution in [0.25, 0.3) is 0 Å². The number of aryl methyl sites for hydroxylation is 1. The van der Waals surface area contributed by atoms with Crippen molar-refractivity contribution in [3.8, 4) is 0 Å². The van der Waals surface area contributed by atoms with Crippen molar-refractivity contribution < 1.29 is 0 Å². The first-order valence-electron chi connectivity index (χ1n) is 8.34. The van der Waals surface area contributed by atoms with Crippen molar-refractivity contribution >= 4 is 0 Å². The molecule has 4 saturated carbocycles. The molecular weight excluding hydrogens is 244 g/mol. The first-order valence-corrected chi connectivity index (χ1v) is 8.34. The summed E-state index contributed by atoms with van der Waals surface area (Å²) in [5.41, 5.74) is 2.83. The van der Waals surface area contributed by atoms with Gasteiger partial charge in [0.1, 0.15) is 0 Å². The van der Waals surface area contributed by atoms with E-state index in [1.54, 1.807) is 0 Å². The molecule has 0 aliphatic heterocycles. The summed E-state index contributed by atoms with van der Waals surface area (Å²) in [5.74, 6) is 4.88. The predicted octanol–water partition coefficient (Wildman–Crippen LogP) is 3.72. The SMILES string of the molecule is CNC(c1cnccc1C)C1C2CC3CC(C2)CC1C3. The van der Waals surface area contributed by atoms with E-state index in [-0.39, 0.29) is 0 Å². The highest BCUT2D eigenvalue weighted by Crippen LogP contribution is 2.59. The summed E-state index contributed by atoms with van der Waals surface area (Å²) in [4.78, 5) is 4.39. The lowest BCUT2D eigenvalue weighted by atomic mass is 9.50. The lowest BCUT2D eigenvalue weighted by Crippen LogP contribution is -2.49. The number of aromatic nitrogens is 1. The molecule has 1 unspecified atom stereocenters. The molecule has 1 aromatic rings. The minimum absolute atomic E-state index is 0.513. The van der Waals surface area contributed by atoms with Crippen LogP contribution in [0.3, 0.4) is 0 Å². The Hall–Kier alpha value is -0.890. The maximum Gasteiger partial charge on any atom is 0.0369 e. The van der Waals surface area contributed by atoms with Gasteiger partial charge in [0.05, 0.1) is 0 Å². The van der Waals surface area contributed by atoms with E-state index in [2.05, 4.69) is 36.5 Å². The van der Waals surface area contributed by atoms with Crippen LogP contribution in [0, 0.1) is 36.5 Å². The third-order valence-electron chi connectivity index (χ3n) is 6.41. The van der Waals surface area contributed by atoms with Gasteiger partial charge in [0.15, 0.2) is 0 Å². The second-order valence-electron chi connectivity index (χ2n) is 7.51. The lowest BCUT2D eigenvalue weighted by molar-refractivity contribution is -0.0516. The average molecular weight is 270 g/mol. The largest absolute Gasteiger partial charge is 0.313 e. The standard InChI is InChI=1S/C18H26N2/c1-11-3-4-20-10-16(11)18(19-2)17-14-6-12-5-13(8-14)9-15(17)7-12/h3-4,10,12-15,17-19H,5-9H2,1-2H3. The van der Waals surface area contributed by atoms with Gasteiger partial charge in [0.25, 0.3) is 0 Å². The van der Waals surface area contributed by atoms with Crippen molar-refractivity contribution in [2.24, 2.45) is 29.6 Å². The number of nitrogens with one attached hydrogen (secondary N) is 1. The Bertz CT molecular complexity index is 468. The topological polar surface area (TPSA) is 24.9 Å². The van der Waals surface area contributed by atoms with Crippen LogP contribution < -0.4 is 5.32 Å². The van der Waals surface area contributed by atoms with Gasteiger partial charge in [-0.3, -0.25) is 4.98 Å². The Morgan fingerprint density at radius 1 is 1.10 bits per heavy atom. The molecule has 1 aromatic heterocycles. The van der Waals surface area contributed by atoms with Crippen LogP contribution in [0.5, 0.6) is 0 Å². The number of hydrogen-bond donors (Lipinski definition) is 1. The molecule has 1 N–H and O–H groups in total. The number of pyridine rings is 1. The molecule has 5 rings (SSSR count). The fourth-order valence-electron chi connectivity index (χ4n) is 5.87. The highest BCUT2D eigenvalue weighted by atomic mass is 14.9. The molecular formula is C18H26N2. The van der Waals surface area contributed by atoms with Crippen molar-refractivity contribution in [2.75, 3.05) is 7.05 Å². The first kappa shape index (κ1) is 12.8. The molecule has 2 nitrogen and oxygen atoms in total. The zero-order valence-electron chi connectivity index (χ0n) is 12.7. The van der Waals surface area contributed by atoms with E-state index < -0.39 is 0 Å². The van der Waals surface area contributed by atoms with Crippen molar-refractivity contribution in [2.45, 2.75) is 45.1 Å². The molecule has 4 fully saturated rings. The van der Waals surface area contributed by atoms with E-state index in [0.717, 1.165) is 29.6 Å². The van der Waals surface area contributed by atoms with Crippen LogP contribution in [0.4, 0.5) is 0 Å². The van der Waals surface area contributed by atoms with Crippen molar-refractivity contribution in [3.05, 3.63) is 29.6 Å². The summed E-state index contributed by atoms with van der Waals surface area (Å²) in [5, 5.41) is 3.65. The maximum atomic E-state index is 4.39. The Morgan fingerprint density at radius 2 is 1.75 bits per heavy atom. The second kappa shape index (κ2) is 4.84. The molecule has 4 bridgehead atoms. The molecule has 0 radical (unpaired) electrons. The fourth-order valence-corrected chi connectivity index (χ4v) is 5.87. The number of nitrogens with zero attached hydrogens (tertiary/aromatic N) is 1. The van der Waals surface area contributed by atoms with Crippen LogP contribution in [-0.2, 0) is 0 Å². The molecule has 108 valence electrons. The molecule has 0 aromatic carbocycles. The molecule has 4 aliphatic carbocycles. The molecule has 20 heavy (non-hydrogen) atoms. The summed E-state index contributed by atoms with van der Waals surface area (Å²) in [6.45, 7) is 2.23. The molecule has 0 spiro atoms. The van der Waals surface area contributed by atoms with Gasteiger partial charge in [-0.1, -0.05) is 0 Å². The Kier molecular flexibility index (Phi) is 3.10. The zero-order chi connectivity index (χ0) is 13.7. The van der Waals surface area contributed by atoms with Crippen LogP contribution >= 0.6 is 0 Å². The first-order chi connectivity index (χ1) is 9.76. The Labute approximate surface area is 122 Å². The molecule has 0 amide bonds. The van der Waals surface area contributed by atoms with E-state index in [1.807, 2.05) is 6.20 Å². The van der Waals surface area contributed by atoms with Gasteiger partial charge in [-0.15, -0.1) is 0 Å². The van der Waals surface area contributed by atoms with E-state index >= 15 is 0 Å². The Balaban J connectivity index is 1.67. The number of hydrogen-bond acceptors (Lipinski definition) is 2. The van der Waals surface area contributed by atoms with Crippen molar-refractivity contribution in [3.63, 3.8) is 0 Å². The minimum atomic E-state index is 0.513. The van der Waals surface area contributed by atoms with Crippen LogP contribution in [0.1, 0.15) is 49.3 Å². The molecule has 1 atom stereocenters.